The Hall–Kier alpha value is -7.99. The Bertz CT molecular complexity index is 4200. The minimum atomic E-state index is -1.67. The first kappa shape index (κ1) is 58.4. The summed E-state index contributed by atoms with van der Waals surface area (Å²) in [6, 6.07) is 77.7. The Morgan fingerprint density at radius 2 is 0.558 bits per heavy atom. The van der Waals surface area contributed by atoms with E-state index in [4.69, 9.17) is 0 Å². The van der Waals surface area contributed by atoms with E-state index >= 15 is 8.78 Å². The first-order valence-electron chi connectivity index (χ1n) is 30.3. The highest BCUT2D eigenvalue weighted by Gasteiger charge is 2.30. The Kier molecular flexibility index (Phi) is 15.0. The van der Waals surface area contributed by atoms with Crippen LogP contribution >= 0.6 is 0 Å². The number of anilines is 6. The van der Waals surface area contributed by atoms with Crippen molar-refractivity contribution in [2.45, 2.75) is 92.4 Å². The summed E-state index contributed by atoms with van der Waals surface area (Å²) < 4.78 is 36.8. The summed E-state index contributed by atoms with van der Waals surface area (Å²) in [5.74, 6) is -0.628. The third-order valence-electron chi connectivity index (χ3n) is 17.6. The molecule has 0 saturated carbocycles. The summed E-state index contributed by atoms with van der Waals surface area (Å²) in [6.45, 7) is 32.5. The third kappa shape index (κ3) is 11.1. The molecule has 0 atom stereocenters. The predicted octanol–water partition coefficient (Wildman–Crippen LogP) is 21.3. The first-order chi connectivity index (χ1) is 40.8. The van der Waals surface area contributed by atoms with Gasteiger partial charge in [-0.2, -0.15) is 0 Å². The molecular weight excluding hydrogens is 1120 g/mol. The van der Waals surface area contributed by atoms with Crippen molar-refractivity contribution in [1.29, 1.82) is 0 Å². The van der Waals surface area contributed by atoms with E-state index in [1.54, 1.807) is 12.1 Å². The van der Waals surface area contributed by atoms with Crippen LogP contribution in [-0.2, 0) is 0 Å². The fraction of sp³-hybridized carbons (Fsp3) is 0.179. The van der Waals surface area contributed by atoms with E-state index in [0.29, 0.717) is 11.4 Å². The summed E-state index contributed by atoms with van der Waals surface area (Å²) in [5.41, 5.74) is 13.7. The van der Waals surface area contributed by atoms with E-state index in [0.717, 1.165) is 111 Å². The lowest BCUT2D eigenvalue weighted by Gasteiger charge is -2.32. The van der Waals surface area contributed by atoms with Crippen LogP contribution < -0.4 is 30.5 Å². The van der Waals surface area contributed by atoms with Crippen molar-refractivity contribution < 1.29 is 8.78 Å². The Morgan fingerprint density at radius 3 is 0.849 bits per heavy atom. The molecule has 12 aromatic carbocycles. The van der Waals surface area contributed by atoms with Crippen LogP contribution in [0.1, 0.15) is 11.1 Å². The number of hydrogen-bond donors (Lipinski definition) is 0. The molecule has 0 aliphatic rings. The minimum Gasteiger partial charge on any atom is -0.307 e. The topological polar surface area (TPSA) is 6.48 Å². The van der Waals surface area contributed by atoms with Crippen LogP contribution in [0.15, 0.2) is 218 Å². The first-order valence-corrected chi connectivity index (χ1v) is 44.3. The maximum atomic E-state index is 18.4. The molecule has 0 fully saturated rings. The zero-order valence-corrected chi connectivity index (χ0v) is 56.4. The van der Waals surface area contributed by atoms with Gasteiger partial charge in [0.2, 0.25) is 0 Å². The smallest absolute Gasteiger partial charge is 0.148 e. The van der Waals surface area contributed by atoms with E-state index in [9.17, 15) is 0 Å². The minimum absolute atomic E-state index is 0.314. The van der Waals surface area contributed by atoms with Gasteiger partial charge < -0.3 is 9.80 Å². The molecule has 0 saturated heterocycles. The molecule has 0 amide bonds. The van der Waals surface area contributed by atoms with Crippen LogP contribution in [-0.4, -0.2) is 32.3 Å². The molecular formula is C78H78F2N2Si4. The predicted molar refractivity (Wildman–Crippen MR) is 383 cm³/mol. The fourth-order valence-corrected chi connectivity index (χ4v) is 17.0. The van der Waals surface area contributed by atoms with Crippen molar-refractivity contribution in [3.8, 4) is 44.5 Å². The van der Waals surface area contributed by atoms with Gasteiger partial charge in [0, 0.05) is 33.3 Å². The van der Waals surface area contributed by atoms with Gasteiger partial charge in [0.15, 0.2) is 0 Å². The molecule has 12 aromatic rings. The lowest BCUT2D eigenvalue weighted by Crippen LogP contribution is -2.37. The molecule has 86 heavy (non-hydrogen) atoms. The van der Waals surface area contributed by atoms with Gasteiger partial charge in [-0.1, -0.05) is 268 Å². The zero-order valence-electron chi connectivity index (χ0n) is 52.4. The van der Waals surface area contributed by atoms with Crippen molar-refractivity contribution in [3.63, 3.8) is 0 Å². The molecule has 0 aliphatic carbocycles. The highest BCUT2D eigenvalue weighted by molar-refractivity contribution is 6.90. The summed E-state index contributed by atoms with van der Waals surface area (Å²) in [6.07, 6.45) is 0. The second-order valence-electron chi connectivity index (χ2n) is 28.0. The molecule has 0 N–H and O–H groups in total. The number of hydrogen-bond acceptors (Lipinski definition) is 2. The van der Waals surface area contributed by atoms with Gasteiger partial charge in [0.25, 0.3) is 0 Å². The average molecular weight is 1190 g/mol. The number of nitrogens with zero attached hydrogens (tertiary/aromatic N) is 2. The standard InChI is InChI=1S/C78H78F2N2Si4/c1-51-15-31-61(32-16-51)81(77-69(55-23-39-65(40-24-55)85(9,10)11)47-59(49-71(77)79)53-19-35-63(36-20-53)83(3,4)5)73-45-29-57-28-44-68-74(46-30-58-27-43-67(73)75(57)76(58)68)82(62-33-17-52(2)18-34-62)78-70(56-25-41-66(42-26-56)86(12,13)14)48-60(50-72(78)80)54-21-37-64(38-22-54)84(6,7)8/h15-50H,1-14H3. The monoisotopic (exact) mass is 1190 g/mol. The normalized spacial score (nSPS) is 12.4. The van der Waals surface area contributed by atoms with Gasteiger partial charge in [0.1, 0.15) is 11.6 Å². The van der Waals surface area contributed by atoms with Crippen LogP contribution in [0.5, 0.6) is 0 Å². The SMILES string of the molecule is Cc1ccc(N(c2c(F)cc(-c3ccc([Si](C)(C)C)cc3)cc2-c2ccc([Si](C)(C)C)cc2)c2ccc3ccc4c(N(c5ccc(C)cc5)c5c(F)cc(-c6ccc([Si](C)(C)C)cc6)cc5-c5ccc([Si](C)(C)C)cc5)ccc5ccc2c3c54)cc1. The van der Waals surface area contributed by atoms with Crippen LogP contribution in [0.4, 0.5) is 42.9 Å². The maximum Gasteiger partial charge on any atom is 0.148 e. The molecule has 0 aromatic heterocycles. The molecule has 0 spiro atoms. The van der Waals surface area contributed by atoms with Gasteiger partial charge in [-0.15, -0.1) is 0 Å². The lowest BCUT2D eigenvalue weighted by atomic mass is 9.90. The maximum absolute atomic E-state index is 18.4. The van der Waals surface area contributed by atoms with E-state index < -0.39 is 32.3 Å². The van der Waals surface area contributed by atoms with Gasteiger partial charge in [-0.25, -0.2) is 8.78 Å². The second kappa shape index (κ2) is 22.1. The largest absolute Gasteiger partial charge is 0.307 e. The molecule has 2 nitrogen and oxygen atoms in total. The summed E-state index contributed by atoms with van der Waals surface area (Å²) >= 11 is 0. The van der Waals surface area contributed by atoms with Crippen molar-refractivity contribution in [3.05, 3.63) is 241 Å². The molecule has 0 aliphatic heterocycles. The molecule has 0 radical (unpaired) electrons. The number of halogens is 2. The quantitative estimate of drug-likeness (QED) is 0.0791. The second-order valence-corrected chi connectivity index (χ2v) is 48.3. The Labute approximate surface area is 512 Å². The van der Waals surface area contributed by atoms with E-state index in [-0.39, 0.29) is 11.6 Å². The fourth-order valence-electron chi connectivity index (χ4n) is 12.4. The highest BCUT2D eigenvalue weighted by atomic mass is 28.3. The number of rotatable bonds is 14. The summed E-state index contributed by atoms with van der Waals surface area (Å²) in [4.78, 5) is 4.30. The highest BCUT2D eigenvalue weighted by Crippen LogP contribution is 2.52. The lowest BCUT2D eigenvalue weighted by molar-refractivity contribution is 0.629. The summed E-state index contributed by atoms with van der Waals surface area (Å²) in [5, 5.41) is 11.6. The van der Waals surface area contributed by atoms with Gasteiger partial charge in [0.05, 0.1) is 55.0 Å². The van der Waals surface area contributed by atoms with E-state index in [1.807, 2.05) is 0 Å². The van der Waals surface area contributed by atoms with Gasteiger partial charge in [-0.3, -0.25) is 0 Å². The third-order valence-corrected chi connectivity index (χ3v) is 25.8. The number of benzene rings is 12. The van der Waals surface area contributed by atoms with Crippen LogP contribution in [0.2, 0.25) is 78.6 Å². The van der Waals surface area contributed by atoms with E-state index in [1.165, 1.54) is 20.7 Å². The molecule has 0 bridgehead atoms. The van der Waals surface area contributed by atoms with E-state index in [2.05, 4.69) is 308 Å². The van der Waals surface area contributed by atoms with Crippen molar-refractivity contribution in [2.24, 2.45) is 0 Å². The molecule has 8 heteroatoms. The van der Waals surface area contributed by atoms with Crippen molar-refractivity contribution in [2.75, 3.05) is 9.80 Å². The molecule has 12 rings (SSSR count). The average Bonchev–Trinajstić information content (AvgIpc) is 1.15. The van der Waals surface area contributed by atoms with Crippen LogP contribution in [0, 0.1) is 25.5 Å². The number of aryl methyl sites for hydroxylation is 2. The zero-order chi connectivity index (χ0) is 60.8. The van der Waals surface area contributed by atoms with Gasteiger partial charge in [-0.05, 0) is 129 Å². The van der Waals surface area contributed by atoms with Crippen LogP contribution in [0.25, 0.3) is 76.8 Å². The molecule has 0 unspecified atom stereocenters. The van der Waals surface area contributed by atoms with Crippen LogP contribution in [0.3, 0.4) is 0 Å². The van der Waals surface area contributed by atoms with Crippen molar-refractivity contribution in [1.82, 2.24) is 0 Å². The molecule has 430 valence electrons. The van der Waals surface area contributed by atoms with Gasteiger partial charge >= 0.3 is 0 Å². The Morgan fingerprint density at radius 1 is 0.279 bits per heavy atom. The summed E-state index contributed by atoms with van der Waals surface area (Å²) in [7, 11) is -6.49. The Balaban J connectivity index is 1.10. The molecule has 0 heterocycles. The van der Waals surface area contributed by atoms with Crippen molar-refractivity contribution >= 4 is 119 Å².